The molecule has 25 heavy (non-hydrogen) atoms. The van der Waals surface area contributed by atoms with Gasteiger partial charge in [-0.2, -0.15) is 0 Å². The molecular formula is C20H23N3O2. The second-order valence-electron chi connectivity index (χ2n) is 6.35. The van der Waals surface area contributed by atoms with Gasteiger partial charge in [0.15, 0.2) is 0 Å². The molecule has 3 amide bonds. The molecule has 3 rings (SSSR count). The lowest BCUT2D eigenvalue weighted by Gasteiger charge is -2.29. The molecule has 2 aromatic rings. The van der Waals surface area contributed by atoms with Crippen LogP contribution >= 0.6 is 0 Å². The number of hydrogen-bond donors (Lipinski definition) is 2. The maximum atomic E-state index is 12.3. The van der Waals surface area contributed by atoms with Crippen molar-refractivity contribution in [2.75, 3.05) is 16.8 Å². The van der Waals surface area contributed by atoms with Gasteiger partial charge in [-0.3, -0.25) is 4.79 Å². The summed E-state index contributed by atoms with van der Waals surface area (Å²) in [5.41, 5.74) is 3.83. The van der Waals surface area contributed by atoms with E-state index in [2.05, 4.69) is 10.6 Å². The Bertz CT molecular complexity index is 774. The van der Waals surface area contributed by atoms with E-state index in [1.807, 2.05) is 55.5 Å². The summed E-state index contributed by atoms with van der Waals surface area (Å²) in [6.07, 6.45) is 1.85. The number of benzene rings is 2. The molecule has 1 unspecified atom stereocenters. The van der Waals surface area contributed by atoms with Crippen LogP contribution in [0.1, 0.15) is 37.4 Å². The van der Waals surface area contributed by atoms with Crippen molar-refractivity contribution >= 4 is 23.3 Å². The van der Waals surface area contributed by atoms with Crippen LogP contribution in [0.2, 0.25) is 0 Å². The van der Waals surface area contributed by atoms with Crippen LogP contribution in [0.4, 0.5) is 16.2 Å². The minimum absolute atomic E-state index is 0.0519. The lowest BCUT2D eigenvalue weighted by Crippen LogP contribution is -2.34. The van der Waals surface area contributed by atoms with Gasteiger partial charge in [0.05, 0.1) is 6.04 Å². The predicted molar refractivity (Wildman–Crippen MR) is 99.8 cm³/mol. The zero-order chi connectivity index (χ0) is 17.8. The van der Waals surface area contributed by atoms with Crippen molar-refractivity contribution in [1.29, 1.82) is 0 Å². The van der Waals surface area contributed by atoms with E-state index >= 15 is 0 Å². The van der Waals surface area contributed by atoms with Crippen molar-refractivity contribution in [3.63, 3.8) is 0 Å². The molecule has 5 heteroatoms. The highest BCUT2D eigenvalue weighted by molar-refractivity contribution is 5.94. The summed E-state index contributed by atoms with van der Waals surface area (Å²) in [5, 5.41) is 5.82. The molecule has 0 aromatic heterocycles. The number of aryl methyl sites for hydroxylation is 1. The third kappa shape index (κ3) is 3.99. The Kier molecular flexibility index (Phi) is 5.03. The summed E-state index contributed by atoms with van der Waals surface area (Å²) in [4.78, 5) is 25.8. The fraction of sp³-hybridized carbons (Fsp3) is 0.300. The van der Waals surface area contributed by atoms with E-state index in [1.54, 1.807) is 11.8 Å². The van der Waals surface area contributed by atoms with E-state index in [0.29, 0.717) is 0 Å². The van der Waals surface area contributed by atoms with Gasteiger partial charge < -0.3 is 15.5 Å². The third-order valence-electron chi connectivity index (χ3n) is 4.48. The van der Waals surface area contributed by atoms with Crippen LogP contribution < -0.4 is 15.5 Å². The van der Waals surface area contributed by atoms with Gasteiger partial charge in [0.1, 0.15) is 0 Å². The molecule has 5 nitrogen and oxygen atoms in total. The maximum Gasteiger partial charge on any atom is 0.319 e. The van der Waals surface area contributed by atoms with Crippen molar-refractivity contribution in [2.24, 2.45) is 0 Å². The van der Waals surface area contributed by atoms with E-state index in [0.717, 1.165) is 41.9 Å². The number of fused-ring (bicyclic) bond motifs is 1. The second kappa shape index (κ2) is 7.38. The number of nitrogens with one attached hydrogen (secondary N) is 2. The fourth-order valence-electron chi connectivity index (χ4n) is 3.19. The van der Waals surface area contributed by atoms with Crippen LogP contribution in [-0.2, 0) is 11.2 Å². The molecule has 0 saturated carbocycles. The first-order valence-corrected chi connectivity index (χ1v) is 8.58. The Labute approximate surface area is 148 Å². The van der Waals surface area contributed by atoms with Crippen LogP contribution in [0.15, 0.2) is 48.5 Å². The molecule has 1 aliphatic heterocycles. The number of nitrogens with zero attached hydrogens (tertiary/aromatic N) is 1. The Morgan fingerprint density at radius 1 is 1.12 bits per heavy atom. The Balaban J connectivity index is 1.67. The molecule has 0 spiro atoms. The average molecular weight is 337 g/mol. The van der Waals surface area contributed by atoms with Crippen molar-refractivity contribution in [3.05, 3.63) is 59.7 Å². The number of hydrogen-bond acceptors (Lipinski definition) is 2. The van der Waals surface area contributed by atoms with Gasteiger partial charge in [-0.05, 0) is 49.1 Å². The molecule has 2 aromatic carbocycles. The van der Waals surface area contributed by atoms with E-state index in [9.17, 15) is 9.59 Å². The van der Waals surface area contributed by atoms with Crippen molar-refractivity contribution < 1.29 is 9.59 Å². The van der Waals surface area contributed by atoms with Crippen LogP contribution in [0.5, 0.6) is 0 Å². The van der Waals surface area contributed by atoms with Crippen molar-refractivity contribution in [2.45, 2.75) is 32.7 Å². The first-order chi connectivity index (χ1) is 12.0. The largest absolute Gasteiger partial charge is 0.331 e. The van der Waals surface area contributed by atoms with Crippen LogP contribution in [-0.4, -0.2) is 18.5 Å². The SMILES string of the molecule is CC(=O)N1CCCc2cc(NC(=O)NC(C)c3ccccc3)ccc21. The van der Waals surface area contributed by atoms with Gasteiger partial charge >= 0.3 is 6.03 Å². The molecule has 2 N–H and O–H groups in total. The Morgan fingerprint density at radius 3 is 2.60 bits per heavy atom. The number of anilines is 2. The molecule has 1 aliphatic rings. The van der Waals surface area contributed by atoms with E-state index < -0.39 is 0 Å². The van der Waals surface area contributed by atoms with Crippen molar-refractivity contribution in [3.8, 4) is 0 Å². The molecule has 1 heterocycles. The lowest BCUT2D eigenvalue weighted by molar-refractivity contribution is -0.116. The highest BCUT2D eigenvalue weighted by Gasteiger charge is 2.20. The van der Waals surface area contributed by atoms with E-state index in [1.165, 1.54) is 0 Å². The first kappa shape index (κ1) is 17.0. The van der Waals surface area contributed by atoms with Gasteiger partial charge in [0.25, 0.3) is 0 Å². The zero-order valence-corrected chi connectivity index (χ0v) is 14.6. The molecule has 0 fully saturated rings. The maximum absolute atomic E-state index is 12.3. The fourth-order valence-corrected chi connectivity index (χ4v) is 3.19. The number of carbonyl (C=O) groups excluding carboxylic acids is 2. The van der Waals surface area contributed by atoms with E-state index in [4.69, 9.17) is 0 Å². The van der Waals surface area contributed by atoms with Gasteiger partial charge in [0, 0.05) is 24.8 Å². The number of urea groups is 1. The van der Waals surface area contributed by atoms with Gasteiger partial charge in [-0.1, -0.05) is 30.3 Å². The summed E-state index contributed by atoms with van der Waals surface area (Å²) in [5.74, 6) is 0.0519. The molecule has 1 atom stereocenters. The molecule has 0 radical (unpaired) electrons. The minimum atomic E-state index is -0.240. The molecule has 0 aliphatic carbocycles. The van der Waals surface area contributed by atoms with Gasteiger partial charge in [-0.25, -0.2) is 4.79 Å². The van der Waals surface area contributed by atoms with Crippen LogP contribution in [0.3, 0.4) is 0 Å². The summed E-state index contributed by atoms with van der Waals surface area (Å²) < 4.78 is 0. The minimum Gasteiger partial charge on any atom is -0.331 e. The second-order valence-corrected chi connectivity index (χ2v) is 6.35. The standard InChI is InChI=1S/C20H23N3O2/c1-14(16-7-4-3-5-8-16)21-20(25)22-18-10-11-19-17(13-18)9-6-12-23(19)15(2)24/h3-5,7-8,10-11,13-14H,6,9,12H2,1-2H3,(H2,21,22,25). The van der Waals surface area contributed by atoms with Crippen LogP contribution in [0, 0.1) is 0 Å². The monoisotopic (exact) mass is 337 g/mol. The summed E-state index contributed by atoms with van der Waals surface area (Å²) in [7, 11) is 0. The lowest BCUT2D eigenvalue weighted by atomic mass is 10.0. The number of carbonyl (C=O) groups is 2. The molecule has 0 bridgehead atoms. The smallest absolute Gasteiger partial charge is 0.319 e. The first-order valence-electron chi connectivity index (χ1n) is 8.58. The topological polar surface area (TPSA) is 61.4 Å². The van der Waals surface area contributed by atoms with Crippen LogP contribution in [0.25, 0.3) is 0 Å². The Morgan fingerprint density at radius 2 is 1.88 bits per heavy atom. The van der Waals surface area contributed by atoms with Crippen molar-refractivity contribution in [1.82, 2.24) is 5.32 Å². The summed E-state index contributed by atoms with van der Waals surface area (Å²) >= 11 is 0. The number of rotatable bonds is 3. The normalized spacial score (nSPS) is 14.4. The quantitative estimate of drug-likeness (QED) is 0.893. The highest BCUT2D eigenvalue weighted by atomic mass is 16.2. The predicted octanol–water partition coefficient (Wildman–Crippen LogP) is 3.87. The summed E-state index contributed by atoms with van der Waals surface area (Å²) in [6, 6.07) is 15.2. The Hall–Kier alpha value is -2.82. The molecular weight excluding hydrogens is 314 g/mol. The molecule has 130 valence electrons. The zero-order valence-electron chi connectivity index (χ0n) is 14.6. The third-order valence-corrected chi connectivity index (χ3v) is 4.48. The average Bonchev–Trinajstić information content (AvgIpc) is 2.61. The summed E-state index contributed by atoms with van der Waals surface area (Å²) in [6.45, 7) is 4.29. The van der Waals surface area contributed by atoms with Gasteiger partial charge in [-0.15, -0.1) is 0 Å². The van der Waals surface area contributed by atoms with Gasteiger partial charge in [0.2, 0.25) is 5.91 Å². The highest BCUT2D eigenvalue weighted by Crippen LogP contribution is 2.29. The molecule has 0 saturated heterocycles. The van der Waals surface area contributed by atoms with E-state index in [-0.39, 0.29) is 18.0 Å². The number of amides is 3.